The van der Waals surface area contributed by atoms with E-state index in [0.29, 0.717) is 12.8 Å². The summed E-state index contributed by atoms with van der Waals surface area (Å²) in [5, 5.41) is 14.0. The number of fused-ring (bicyclic) bond motifs is 5. The number of rotatable bonds is 9. The molecule has 0 spiro atoms. The van der Waals surface area contributed by atoms with Crippen LogP contribution in [-0.4, -0.2) is 61.5 Å². The van der Waals surface area contributed by atoms with Gasteiger partial charge in [-0.05, 0) is 104 Å². The van der Waals surface area contributed by atoms with Gasteiger partial charge in [-0.15, -0.1) is 0 Å². The number of carbonyl (C=O) groups is 1. The molecule has 0 radical (unpaired) electrons. The van der Waals surface area contributed by atoms with Crippen molar-refractivity contribution in [3.63, 3.8) is 0 Å². The smallest absolute Gasteiger partial charge is 0.748 e. The van der Waals surface area contributed by atoms with E-state index >= 15 is 0 Å². The van der Waals surface area contributed by atoms with E-state index < -0.39 is 62.6 Å². The Bertz CT molecular complexity index is 1280. The van der Waals surface area contributed by atoms with Crippen LogP contribution in [0.2, 0.25) is 0 Å². The molecule has 0 heterocycles. The summed E-state index contributed by atoms with van der Waals surface area (Å²) in [6.07, 6.45) is -4.23. The van der Waals surface area contributed by atoms with Crippen LogP contribution < -0.4 is 64.4 Å². The topological polar surface area (TPSA) is 173 Å². The largest absolute Gasteiger partial charge is 1.00 e. The van der Waals surface area contributed by atoms with Crippen molar-refractivity contribution in [2.24, 2.45) is 46.3 Å². The van der Waals surface area contributed by atoms with Gasteiger partial charge >= 0.3 is 59.1 Å². The van der Waals surface area contributed by atoms with Crippen molar-refractivity contribution in [1.29, 1.82) is 0 Å². The summed E-state index contributed by atoms with van der Waals surface area (Å²) in [6, 6.07) is 0. The molecule has 0 bridgehead atoms. The van der Waals surface area contributed by atoms with Crippen LogP contribution in [0.25, 0.3) is 0 Å². The van der Waals surface area contributed by atoms with Gasteiger partial charge in [0, 0.05) is 18.4 Å². The van der Waals surface area contributed by atoms with Crippen LogP contribution in [0.15, 0.2) is 0 Å². The SMILES string of the molecule is [2H]C1([2H])C[C@@]2(C)[C@H](C[C@H](O)[C@@H]3[C@@H]2CC[C@]2(C)[C@@H]([C@H](C)CCC(=O)NCCS(=O)(=O)[O-])CC[C@@H]32)C([2H])([2H])[C@@H]1OS(=O)(=O)[O-].[Na+].[Na+]. The van der Waals surface area contributed by atoms with Crippen LogP contribution in [0.4, 0.5) is 0 Å². The molecule has 4 aliphatic rings. The Morgan fingerprint density at radius 2 is 1.75 bits per heavy atom. The third kappa shape index (κ3) is 8.27. The molecular weight excluding hydrogens is 580 g/mol. The predicted octanol–water partition coefficient (Wildman–Crippen LogP) is -3.45. The van der Waals surface area contributed by atoms with E-state index in [2.05, 4.69) is 23.3 Å². The van der Waals surface area contributed by atoms with Crippen molar-refractivity contribution in [3.05, 3.63) is 0 Å². The molecule has 0 aromatic carbocycles. The number of aliphatic hydroxyl groups is 1. The van der Waals surface area contributed by atoms with Crippen molar-refractivity contribution in [3.8, 4) is 0 Å². The summed E-state index contributed by atoms with van der Waals surface area (Å²) in [4.78, 5) is 12.3. The van der Waals surface area contributed by atoms with Crippen LogP contribution in [-0.2, 0) is 29.5 Å². The molecule has 0 aromatic heterocycles. The minimum absolute atomic E-state index is 0. The van der Waals surface area contributed by atoms with Crippen molar-refractivity contribution in [2.75, 3.05) is 12.3 Å². The zero-order valence-electron chi connectivity index (χ0n) is 28.2. The Morgan fingerprint density at radius 1 is 1.10 bits per heavy atom. The van der Waals surface area contributed by atoms with Gasteiger partial charge in [0.2, 0.25) is 16.3 Å². The minimum atomic E-state index is -5.37. The van der Waals surface area contributed by atoms with E-state index in [1.807, 2.05) is 6.92 Å². The molecule has 10 nitrogen and oxygen atoms in total. The van der Waals surface area contributed by atoms with Crippen LogP contribution in [0, 0.1) is 46.3 Å². The molecule has 14 heteroatoms. The third-order valence-electron chi connectivity index (χ3n) is 10.4. The van der Waals surface area contributed by atoms with Gasteiger partial charge in [-0.25, -0.2) is 16.8 Å². The molecule has 4 fully saturated rings. The van der Waals surface area contributed by atoms with Gasteiger partial charge in [0.15, 0.2) is 0 Å². The second kappa shape index (κ2) is 14.1. The second-order valence-electron chi connectivity index (χ2n) is 12.4. The molecule has 0 aromatic rings. The molecule has 4 rings (SSSR count). The van der Waals surface area contributed by atoms with Gasteiger partial charge in [-0.1, -0.05) is 20.8 Å². The van der Waals surface area contributed by atoms with E-state index in [4.69, 9.17) is 5.48 Å². The average Bonchev–Trinajstić information content (AvgIpc) is 3.17. The first-order chi connectivity index (χ1) is 19.0. The predicted molar refractivity (Wildman–Crippen MR) is 137 cm³/mol. The molecule has 4 saturated carbocycles. The number of carbonyl (C=O) groups excluding carboxylic acids is 1. The summed E-state index contributed by atoms with van der Waals surface area (Å²) in [5.74, 6) is -1.80. The zero-order chi connectivity index (χ0) is 31.7. The minimum Gasteiger partial charge on any atom is -0.748 e. The van der Waals surface area contributed by atoms with Gasteiger partial charge in [-0.3, -0.25) is 8.98 Å². The molecule has 2 N–H and O–H groups in total. The maximum atomic E-state index is 12.3. The number of nitrogens with one attached hydrogen (secondary N) is 1. The van der Waals surface area contributed by atoms with E-state index in [9.17, 15) is 35.8 Å². The first-order valence-electron chi connectivity index (χ1n) is 15.6. The summed E-state index contributed by atoms with van der Waals surface area (Å²) in [6.45, 7) is 5.92. The first kappa shape index (κ1) is 31.2. The standard InChI is InChI=1S/C26H45NO9S2.2Na/c1-16(4-7-23(29)27-12-13-37(30,31)32)19-5-6-20-24-21(9-11-26(19,20)3)25(2)10-8-18(36-38(33,34)35)14-17(25)15-22(24)28;;/h16-22,24,28H,4-15H2,1-3H3,(H,27,29)(H,30,31,32)(H,33,34,35);;/q;2*+1/p-2/t16-,17+,18-,19-,20+,21+,22+,24+,25+,26-;;/m1../s1/i8D2,14D2;;. The van der Waals surface area contributed by atoms with Gasteiger partial charge < -0.3 is 19.5 Å². The fourth-order valence-corrected chi connectivity index (χ4v) is 9.32. The van der Waals surface area contributed by atoms with Gasteiger partial charge in [0.05, 0.1) is 28.1 Å². The molecule has 10 atom stereocenters. The Kier molecular flexibility index (Phi) is 11.0. The normalized spacial score (nSPS) is 43.9. The number of amides is 1. The molecule has 0 unspecified atom stereocenters. The third-order valence-corrected chi connectivity index (χ3v) is 11.5. The summed E-state index contributed by atoms with van der Waals surface area (Å²) < 4.78 is 106. The second-order valence-corrected chi connectivity index (χ2v) is 15.0. The quantitative estimate of drug-likeness (QED) is 0.150. The fraction of sp³-hybridized carbons (Fsp3) is 0.962. The Morgan fingerprint density at radius 3 is 2.38 bits per heavy atom. The summed E-state index contributed by atoms with van der Waals surface area (Å²) >= 11 is 0. The monoisotopic (exact) mass is 627 g/mol. The van der Waals surface area contributed by atoms with E-state index in [1.54, 1.807) is 0 Å². The van der Waals surface area contributed by atoms with E-state index in [-0.39, 0.29) is 126 Å². The van der Waals surface area contributed by atoms with E-state index in [1.165, 1.54) is 0 Å². The zero-order valence-corrected chi connectivity index (χ0v) is 29.9. The Labute approximate surface area is 289 Å². The fourth-order valence-electron chi connectivity index (χ4n) is 8.61. The molecule has 220 valence electrons. The van der Waals surface area contributed by atoms with Gasteiger partial charge in [0.25, 0.3) is 0 Å². The average molecular weight is 628 g/mol. The molecule has 4 aliphatic carbocycles. The Hall–Kier alpha value is 1.21. The van der Waals surface area contributed by atoms with Crippen LogP contribution in [0.1, 0.15) is 90.4 Å². The molecular formula is C26H43NNa2O9S2. The van der Waals surface area contributed by atoms with Crippen molar-refractivity contribution in [2.45, 2.75) is 97.1 Å². The van der Waals surface area contributed by atoms with Crippen LogP contribution in [0.5, 0.6) is 0 Å². The van der Waals surface area contributed by atoms with Crippen molar-refractivity contribution >= 4 is 26.4 Å². The number of hydrogen-bond donors (Lipinski definition) is 2. The number of aliphatic hydroxyl groups excluding tert-OH is 1. The van der Waals surface area contributed by atoms with Crippen molar-refractivity contribution < 1.29 is 105 Å². The first-order valence-corrected chi connectivity index (χ1v) is 16.5. The van der Waals surface area contributed by atoms with Crippen LogP contribution in [0.3, 0.4) is 0 Å². The van der Waals surface area contributed by atoms with Gasteiger partial charge in [0.1, 0.15) is 0 Å². The summed E-state index contributed by atoms with van der Waals surface area (Å²) in [7, 11) is -9.77. The molecule has 0 aliphatic heterocycles. The summed E-state index contributed by atoms with van der Waals surface area (Å²) in [5.41, 5.74) is -1.06. The Balaban J connectivity index is 0.00000337. The van der Waals surface area contributed by atoms with E-state index in [0.717, 1.165) is 19.3 Å². The van der Waals surface area contributed by atoms with Crippen LogP contribution >= 0.6 is 0 Å². The maximum absolute atomic E-state index is 12.3. The van der Waals surface area contributed by atoms with Crippen molar-refractivity contribution in [1.82, 2.24) is 5.32 Å². The molecule has 1 amide bonds. The molecule has 40 heavy (non-hydrogen) atoms. The number of hydrogen-bond acceptors (Lipinski definition) is 9. The van der Waals surface area contributed by atoms with Gasteiger partial charge in [-0.2, -0.15) is 0 Å². The maximum Gasteiger partial charge on any atom is 1.00 e. The molecule has 0 saturated heterocycles.